The number of nitrogens with zero attached hydrogens (tertiary/aromatic N) is 2. The molecule has 26 heavy (non-hydrogen) atoms. The van der Waals surface area contributed by atoms with Crippen LogP contribution in [0.3, 0.4) is 0 Å². The van der Waals surface area contributed by atoms with E-state index in [1.807, 2.05) is 18.2 Å². The fraction of sp³-hybridized carbons (Fsp3) is 0.167. The highest BCUT2D eigenvalue weighted by Crippen LogP contribution is 2.26. The van der Waals surface area contributed by atoms with Gasteiger partial charge in [0.05, 0.1) is 14.2 Å². The Morgan fingerprint density at radius 1 is 1.00 bits per heavy atom. The molecule has 0 atom stereocenters. The van der Waals surface area contributed by atoms with Gasteiger partial charge in [-0.25, -0.2) is 0 Å². The molecule has 0 radical (unpaired) electrons. The molecule has 3 aromatic rings. The third kappa shape index (κ3) is 4.54. The molecule has 134 valence electrons. The van der Waals surface area contributed by atoms with Gasteiger partial charge in [-0.05, 0) is 30.3 Å². The van der Waals surface area contributed by atoms with Gasteiger partial charge in [-0.2, -0.15) is 0 Å². The van der Waals surface area contributed by atoms with E-state index in [4.69, 9.17) is 18.6 Å². The summed E-state index contributed by atoms with van der Waals surface area (Å²) in [5.74, 6) is 1.69. The van der Waals surface area contributed by atoms with Crippen molar-refractivity contribution in [1.82, 2.24) is 10.2 Å². The molecule has 0 saturated heterocycles. The van der Waals surface area contributed by atoms with Crippen molar-refractivity contribution in [1.29, 1.82) is 0 Å². The van der Waals surface area contributed by atoms with Crippen molar-refractivity contribution in [3.8, 4) is 28.7 Å². The molecule has 0 spiro atoms. The van der Waals surface area contributed by atoms with Crippen LogP contribution < -0.4 is 14.2 Å². The van der Waals surface area contributed by atoms with Crippen LogP contribution in [0.1, 0.15) is 0 Å². The lowest BCUT2D eigenvalue weighted by Gasteiger charge is -2.05. The Hall–Kier alpha value is -3.00. The van der Waals surface area contributed by atoms with Crippen molar-refractivity contribution in [2.75, 3.05) is 20.0 Å². The Labute approximate surface area is 154 Å². The van der Waals surface area contributed by atoms with Crippen LogP contribution in [0.4, 0.5) is 0 Å². The lowest BCUT2D eigenvalue weighted by atomic mass is 10.2. The molecule has 3 rings (SSSR count). The van der Waals surface area contributed by atoms with E-state index in [0.29, 0.717) is 23.1 Å². The standard InChI is InChI=1S/C18H16N2O5S/c1-22-13-6-3-5-12(9-13)17-19-20-18(25-17)26-11-16(21)24-15-8-4-7-14(10-15)23-2/h3-10H,11H2,1-2H3. The van der Waals surface area contributed by atoms with Gasteiger partial charge in [0.15, 0.2) is 0 Å². The number of hydrogen-bond donors (Lipinski definition) is 0. The van der Waals surface area contributed by atoms with Crippen LogP contribution in [0, 0.1) is 0 Å². The molecule has 7 nitrogen and oxygen atoms in total. The highest BCUT2D eigenvalue weighted by molar-refractivity contribution is 7.99. The zero-order valence-corrected chi connectivity index (χ0v) is 15.0. The van der Waals surface area contributed by atoms with Crippen LogP contribution >= 0.6 is 11.8 Å². The second-order valence-corrected chi connectivity index (χ2v) is 5.97. The average molecular weight is 372 g/mol. The average Bonchev–Trinajstić information content (AvgIpc) is 3.16. The van der Waals surface area contributed by atoms with Crippen LogP contribution in [0.15, 0.2) is 58.2 Å². The number of esters is 1. The summed E-state index contributed by atoms with van der Waals surface area (Å²) in [6.07, 6.45) is 0. The number of methoxy groups -OCH3 is 2. The minimum absolute atomic E-state index is 0.0386. The molecule has 0 amide bonds. The maximum Gasteiger partial charge on any atom is 0.321 e. The molecule has 8 heteroatoms. The van der Waals surface area contributed by atoms with Gasteiger partial charge >= 0.3 is 5.97 Å². The zero-order chi connectivity index (χ0) is 18.4. The third-order valence-corrected chi connectivity index (χ3v) is 4.10. The van der Waals surface area contributed by atoms with E-state index in [0.717, 1.165) is 17.3 Å². The Kier molecular flexibility index (Phi) is 5.75. The van der Waals surface area contributed by atoms with Crippen LogP contribution in [0.25, 0.3) is 11.5 Å². The van der Waals surface area contributed by atoms with Crippen molar-refractivity contribution in [2.24, 2.45) is 0 Å². The number of carbonyl (C=O) groups excluding carboxylic acids is 1. The van der Waals surface area contributed by atoms with E-state index in [-0.39, 0.29) is 11.0 Å². The minimum Gasteiger partial charge on any atom is -0.497 e. The van der Waals surface area contributed by atoms with Gasteiger partial charge < -0.3 is 18.6 Å². The molecule has 0 fully saturated rings. The summed E-state index contributed by atoms with van der Waals surface area (Å²) in [6.45, 7) is 0. The number of thioether (sulfide) groups is 1. The molecule has 1 heterocycles. The van der Waals surface area contributed by atoms with Gasteiger partial charge in [0, 0.05) is 11.6 Å². The van der Waals surface area contributed by atoms with Crippen LogP contribution in [-0.4, -0.2) is 36.1 Å². The number of hydrogen-bond acceptors (Lipinski definition) is 8. The largest absolute Gasteiger partial charge is 0.497 e. The maximum atomic E-state index is 12.0. The predicted octanol–water partition coefficient (Wildman–Crippen LogP) is 3.45. The molecule has 1 aromatic heterocycles. The summed E-state index contributed by atoms with van der Waals surface area (Å²) in [4.78, 5) is 12.0. The number of rotatable bonds is 7. The quantitative estimate of drug-likeness (QED) is 0.354. The molecule has 0 bridgehead atoms. The van der Waals surface area contributed by atoms with Crippen LogP contribution in [0.2, 0.25) is 0 Å². The van der Waals surface area contributed by atoms with Crippen molar-refractivity contribution >= 4 is 17.7 Å². The number of aromatic nitrogens is 2. The van der Waals surface area contributed by atoms with E-state index in [1.165, 1.54) is 0 Å². The fourth-order valence-electron chi connectivity index (χ4n) is 2.09. The first-order valence-corrected chi connectivity index (χ1v) is 8.62. The minimum atomic E-state index is -0.426. The molecule has 0 N–H and O–H groups in total. The summed E-state index contributed by atoms with van der Waals surface area (Å²) in [5, 5.41) is 8.20. The van der Waals surface area contributed by atoms with Gasteiger partial charge in [-0.1, -0.05) is 23.9 Å². The third-order valence-electron chi connectivity index (χ3n) is 3.31. The van der Waals surface area contributed by atoms with Gasteiger partial charge in [-0.3, -0.25) is 4.79 Å². The highest BCUT2D eigenvalue weighted by Gasteiger charge is 2.13. The smallest absolute Gasteiger partial charge is 0.321 e. The topological polar surface area (TPSA) is 83.7 Å². The maximum absolute atomic E-state index is 12.0. The number of ether oxygens (including phenoxy) is 3. The predicted molar refractivity (Wildman–Crippen MR) is 95.6 cm³/mol. The van der Waals surface area contributed by atoms with Crippen molar-refractivity contribution in [3.05, 3.63) is 48.5 Å². The zero-order valence-electron chi connectivity index (χ0n) is 14.2. The van der Waals surface area contributed by atoms with E-state index in [2.05, 4.69) is 10.2 Å². The molecule has 0 aliphatic heterocycles. The van der Waals surface area contributed by atoms with E-state index < -0.39 is 5.97 Å². The first kappa shape index (κ1) is 17.8. The van der Waals surface area contributed by atoms with Crippen molar-refractivity contribution in [3.63, 3.8) is 0 Å². The molecule has 0 aliphatic carbocycles. The van der Waals surface area contributed by atoms with Crippen molar-refractivity contribution < 1.29 is 23.4 Å². The monoisotopic (exact) mass is 372 g/mol. The van der Waals surface area contributed by atoms with E-state index in [9.17, 15) is 4.79 Å². The molecule has 0 unspecified atom stereocenters. The van der Waals surface area contributed by atoms with Gasteiger partial charge in [0.1, 0.15) is 23.0 Å². The first-order valence-electron chi connectivity index (χ1n) is 7.63. The molecular weight excluding hydrogens is 356 g/mol. The number of carbonyl (C=O) groups is 1. The second-order valence-electron chi connectivity index (χ2n) is 5.05. The normalized spacial score (nSPS) is 10.4. The van der Waals surface area contributed by atoms with Gasteiger partial charge in [-0.15, -0.1) is 10.2 Å². The van der Waals surface area contributed by atoms with E-state index >= 15 is 0 Å². The summed E-state index contributed by atoms with van der Waals surface area (Å²) in [6, 6.07) is 14.1. The Morgan fingerprint density at radius 3 is 2.46 bits per heavy atom. The highest BCUT2D eigenvalue weighted by atomic mass is 32.2. The van der Waals surface area contributed by atoms with Crippen molar-refractivity contribution in [2.45, 2.75) is 5.22 Å². The Bertz CT molecular complexity index is 897. The van der Waals surface area contributed by atoms with Gasteiger partial charge in [0.25, 0.3) is 5.22 Å². The summed E-state index contributed by atoms with van der Waals surface area (Å²) in [7, 11) is 3.13. The SMILES string of the molecule is COc1cccc(OC(=O)CSc2nnc(-c3cccc(OC)c3)o2)c1. The Balaban J connectivity index is 1.58. The molecular formula is C18H16N2O5S. The fourth-order valence-corrected chi connectivity index (χ4v) is 2.62. The lowest BCUT2D eigenvalue weighted by molar-refractivity contribution is -0.131. The lowest BCUT2D eigenvalue weighted by Crippen LogP contribution is -2.10. The second kappa shape index (κ2) is 8.39. The van der Waals surface area contributed by atoms with Crippen LogP contribution in [-0.2, 0) is 4.79 Å². The first-order chi connectivity index (χ1) is 12.7. The summed E-state index contributed by atoms with van der Waals surface area (Å²) in [5.41, 5.74) is 0.739. The summed E-state index contributed by atoms with van der Waals surface area (Å²) >= 11 is 1.11. The van der Waals surface area contributed by atoms with Crippen LogP contribution in [0.5, 0.6) is 17.2 Å². The molecule has 0 aliphatic rings. The molecule has 0 saturated carbocycles. The number of benzene rings is 2. The molecule has 2 aromatic carbocycles. The summed E-state index contributed by atoms with van der Waals surface area (Å²) < 4.78 is 21.1. The Morgan fingerprint density at radius 2 is 1.69 bits per heavy atom. The van der Waals surface area contributed by atoms with E-state index in [1.54, 1.807) is 44.6 Å². The van der Waals surface area contributed by atoms with Gasteiger partial charge in [0.2, 0.25) is 5.89 Å².